The molecule has 128 valence electrons. The van der Waals surface area contributed by atoms with E-state index in [1.54, 1.807) is 18.5 Å². The summed E-state index contributed by atoms with van der Waals surface area (Å²) >= 11 is 3.42. The van der Waals surface area contributed by atoms with Gasteiger partial charge in [0.25, 0.3) is 5.91 Å². The Morgan fingerprint density at radius 2 is 2.08 bits per heavy atom. The monoisotopic (exact) mass is 393 g/mol. The van der Waals surface area contributed by atoms with Gasteiger partial charge in [0.05, 0.1) is 28.6 Å². The highest BCUT2D eigenvalue weighted by Gasteiger charge is 2.26. The van der Waals surface area contributed by atoms with Gasteiger partial charge in [-0.05, 0) is 45.4 Å². The van der Waals surface area contributed by atoms with Crippen LogP contribution in [-0.2, 0) is 4.79 Å². The van der Waals surface area contributed by atoms with Gasteiger partial charge in [0, 0.05) is 11.0 Å². The van der Waals surface area contributed by atoms with Crippen LogP contribution < -0.4 is 5.32 Å². The highest BCUT2D eigenvalue weighted by Crippen LogP contribution is 2.20. The fourth-order valence-corrected chi connectivity index (χ4v) is 2.58. The van der Waals surface area contributed by atoms with Crippen molar-refractivity contribution < 1.29 is 14.7 Å². The summed E-state index contributed by atoms with van der Waals surface area (Å²) in [4.78, 5) is 23.4. The van der Waals surface area contributed by atoms with Crippen molar-refractivity contribution in [2.24, 2.45) is 5.41 Å². The number of hydrogen-bond donors (Lipinski definition) is 2. The van der Waals surface area contributed by atoms with E-state index in [0.29, 0.717) is 18.5 Å². The maximum absolute atomic E-state index is 12.3. The Morgan fingerprint density at radius 1 is 1.38 bits per heavy atom. The summed E-state index contributed by atoms with van der Waals surface area (Å²) < 4.78 is 2.62. The van der Waals surface area contributed by atoms with Gasteiger partial charge in [-0.1, -0.05) is 22.0 Å². The average molecular weight is 394 g/mol. The SMILES string of the molecule is Cc1c(C(=O)NCCC(C)(C)C(=O)O)cnn1-c1cccc(Br)c1. The number of carbonyl (C=O) groups excluding carboxylic acids is 1. The number of amides is 1. The van der Waals surface area contributed by atoms with Crippen LogP contribution in [0.5, 0.6) is 0 Å². The predicted octanol–water partition coefficient (Wildman–Crippen LogP) is 3.17. The molecule has 0 spiro atoms. The molecule has 0 aliphatic carbocycles. The molecule has 0 aliphatic rings. The third kappa shape index (κ3) is 4.03. The van der Waals surface area contributed by atoms with Gasteiger partial charge in [0.2, 0.25) is 0 Å². The Bertz CT molecular complexity index is 768. The standard InChI is InChI=1S/C17H20BrN3O3/c1-11-14(15(22)19-8-7-17(2,3)16(23)24)10-20-21(11)13-6-4-5-12(18)9-13/h4-6,9-10H,7-8H2,1-3H3,(H,19,22)(H,23,24). The molecule has 0 saturated heterocycles. The second-order valence-electron chi connectivity index (χ2n) is 6.23. The average Bonchev–Trinajstić information content (AvgIpc) is 2.88. The second-order valence-corrected chi connectivity index (χ2v) is 7.15. The van der Waals surface area contributed by atoms with Gasteiger partial charge in [-0.3, -0.25) is 9.59 Å². The zero-order chi connectivity index (χ0) is 17.9. The van der Waals surface area contributed by atoms with E-state index >= 15 is 0 Å². The third-order valence-electron chi connectivity index (χ3n) is 3.92. The van der Waals surface area contributed by atoms with Gasteiger partial charge in [-0.15, -0.1) is 0 Å². The van der Waals surface area contributed by atoms with Gasteiger partial charge in [0.15, 0.2) is 0 Å². The number of benzene rings is 1. The molecule has 6 nitrogen and oxygen atoms in total. The summed E-state index contributed by atoms with van der Waals surface area (Å²) in [6.45, 7) is 5.39. The van der Waals surface area contributed by atoms with Crippen molar-refractivity contribution in [2.75, 3.05) is 6.54 Å². The molecule has 0 saturated carbocycles. The normalized spacial score (nSPS) is 11.3. The van der Waals surface area contributed by atoms with E-state index < -0.39 is 11.4 Å². The third-order valence-corrected chi connectivity index (χ3v) is 4.41. The Labute approximate surface area is 149 Å². The first-order valence-electron chi connectivity index (χ1n) is 7.54. The molecule has 2 rings (SSSR count). The molecular formula is C17H20BrN3O3. The highest BCUT2D eigenvalue weighted by atomic mass is 79.9. The largest absolute Gasteiger partial charge is 0.481 e. The summed E-state index contributed by atoms with van der Waals surface area (Å²) in [7, 11) is 0. The van der Waals surface area contributed by atoms with Crippen LogP contribution in [0.4, 0.5) is 0 Å². The lowest BCUT2D eigenvalue weighted by Crippen LogP contribution is -2.32. The number of hydrogen-bond acceptors (Lipinski definition) is 3. The number of carboxylic acid groups (broad SMARTS) is 1. The van der Waals surface area contributed by atoms with Crippen LogP contribution in [0.25, 0.3) is 5.69 Å². The van der Waals surface area contributed by atoms with Crippen LogP contribution in [0, 0.1) is 12.3 Å². The van der Waals surface area contributed by atoms with Crippen molar-refractivity contribution in [2.45, 2.75) is 27.2 Å². The second kappa shape index (κ2) is 7.17. The van der Waals surface area contributed by atoms with Crippen molar-refractivity contribution in [3.8, 4) is 5.69 Å². The van der Waals surface area contributed by atoms with Crippen molar-refractivity contribution in [3.05, 3.63) is 46.2 Å². The maximum atomic E-state index is 12.3. The van der Waals surface area contributed by atoms with Crippen molar-refractivity contribution in [1.29, 1.82) is 0 Å². The van der Waals surface area contributed by atoms with Crippen molar-refractivity contribution >= 4 is 27.8 Å². The van der Waals surface area contributed by atoms with Crippen molar-refractivity contribution in [1.82, 2.24) is 15.1 Å². The molecule has 7 heteroatoms. The van der Waals surface area contributed by atoms with Crippen LogP contribution in [0.3, 0.4) is 0 Å². The Morgan fingerprint density at radius 3 is 2.71 bits per heavy atom. The lowest BCUT2D eigenvalue weighted by molar-refractivity contribution is -0.147. The molecule has 2 aromatic rings. The molecule has 0 fully saturated rings. The van der Waals surface area contributed by atoms with Crippen LogP contribution in [-0.4, -0.2) is 33.3 Å². The number of rotatable bonds is 6. The fourth-order valence-electron chi connectivity index (χ4n) is 2.19. The molecule has 0 bridgehead atoms. The molecule has 1 aromatic carbocycles. The van der Waals surface area contributed by atoms with E-state index in [1.165, 1.54) is 6.20 Å². The van der Waals surface area contributed by atoms with Crippen LogP contribution >= 0.6 is 15.9 Å². The first kappa shape index (κ1) is 18.2. The van der Waals surface area contributed by atoms with Crippen LogP contribution in [0.2, 0.25) is 0 Å². The van der Waals surface area contributed by atoms with E-state index in [2.05, 4.69) is 26.3 Å². The number of nitrogens with zero attached hydrogens (tertiary/aromatic N) is 2. The zero-order valence-corrected chi connectivity index (χ0v) is 15.4. The van der Waals surface area contributed by atoms with Gasteiger partial charge in [0.1, 0.15) is 0 Å². The Hall–Kier alpha value is -2.15. The molecule has 24 heavy (non-hydrogen) atoms. The molecular weight excluding hydrogens is 374 g/mol. The smallest absolute Gasteiger partial charge is 0.309 e. The molecule has 0 aliphatic heterocycles. The van der Waals surface area contributed by atoms with E-state index in [1.807, 2.05) is 31.2 Å². The lowest BCUT2D eigenvalue weighted by atomic mass is 9.90. The number of aliphatic carboxylic acids is 1. The number of aromatic nitrogens is 2. The Balaban J connectivity index is 2.08. The fraction of sp³-hybridized carbons (Fsp3) is 0.353. The summed E-state index contributed by atoms with van der Waals surface area (Å²) in [5.41, 5.74) is 1.18. The minimum absolute atomic E-state index is 0.255. The molecule has 1 amide bonds. The molecule has 0 atom stereocenters. The molecule has 1 heterocycles. The summed E-state index contributed by atoms with van der Waals surface area (Å²) in [6, 6.07) is 7.63. The van der Waals surface area contributed by atoms with Crippen LogP contribution in [0.15, 0.2) is 34.9 Å². The van der Waals surface area contributed by atoms with Gasteiger partial charge in [-0.25, -0.2) is 4.68 Å². The van der Waals surface area contributed by atoms with E-state index in [4.69, 9.17) is 5.11 Å². The van der Waals surface area contributed by atoms with Gasteiger partial charge in [-0.2, -0.15) is 5.10 Å². The van der Waals surface area contributed by atoms with E-state index in [-0.39, 0.29) is 5.91 Å². The summed E-state index contributed by atoms with van der Waals surface area (Å²) in [5, 5.41) is 16.1. The van der Waals surface area contributed by atoms with Gasteiger partial charge < -0.3 is 10.4 Å². The maximum Gasteiger partial charge on any atom is 0.309 e. The Kier molecular flexibility index (Phi) is 5.43. The van der Waals surface area contributed by atoms with Crippen LogP contribution in [0.1, 0.15) is 36.3 Å². The molecule has 1 aromatic heterocycles. The quantitative estimate of drug-likeness (QED) is 0.788. The summed E-state index contributed by atoms with van der Waals surface area (Å²) in [6.07, 6.45) is 1.88. The topological polar surface area (TPSA) is 84.2 Å². The number of halogens is 1. The van der Waals surface area contributed by atoms with Crippen molar-refractivity contribution in [3.63, 3.8) is 0 Å². The minimum atomic E-state index is -0.879. The molecule has 2 N–H and O–H groups in total. The first-order chi connectivity index (χ1) is 11.2. The zero-order valence-electron chi connectivity index (χ0n) is 13.8. The highest BCUT2D eigenvalue weighted by molar-refractivity contribution is 9.10. The number of nitrogens with one attached hydrogen (secondary N) is 1. The van der Waals surface area contributed by atoms with E-state index in [0.717, 1.165) is 15.9 Å². The van der Waals surface area contributed by atoms with Gasteiger partial charge >= 0.3 is 5.97 Å². The lowest BCUT2D eigenvalue weighted by Gasteiger charge is -2.18. The number of carboxylic acids is 1. The number of carbonyl (C=O) groups is 2. The van der Waals surface area contributed by atoms with E-state index in [9.17, 15) is 9.59 Å². The summed E-state index contributed by atoms with van der Waals surface area (Å²) in [5.74, 6) is -1.13. The molecule has 0 unspecified atom stereocenters. The minimum Gasteiger partial charge on any atom is -0.481 e. The first-order valence-corrected chi connectivity index (χ1v) is 8.34. The molecule has 0 radical (unpaired) electrons. The predicted molar refractivity (Wildman–Crippen MR) is 94.4 cm³/mol.